The second-order valence-electron chi connectivity index (χ2n) is 4.73. The van der Waals surface area contributed by atoms with Crippen molar-refractivity contribution in [2.75, 3.05) is 7.11 Å². The van der Waals surface area contributed by atoms with E-state index in [0.29, 0.717) is 6.42 Å². The van der Waals surface area contributed by atoms with Gasteiger partial charge in [0.05, 0.1) is 12.5 Å². The van der Waals surface area contributed by atoms with Gasteiger partial charge in [0.15, 0.2) is 5.78 Å². The Morgan fingerprint density at radius 2 is 1.79 bits per heavy atom. The summed E-state index contributed by atoms with van der Waals surface area (Å²) in [5, 5.41) is 0. The number of esters is 1. The Labute approximate surface area is 115 Å². The van der Waals surface area contributed by atoms with Crippen LogP contribution in [-0.4, -0.2) is 18.9 Å². The molecule has 1 atom stereocenters. The Morgan fingerprint density at radius 3 is 2.26 bits per heavy atom. The van der Waals surface area contributed by atoms with Gasteiger partial charge in [0.1, 0.15) is 6.42 Å². The van der Waals surface area contributed by atoms with Crippen LogP contribution < -0.4 is 0 Å². The van der Waals surface area contributed by atoms with Crippen LogP contribution >= 0.6 is 0 Å². The van der Waals surface area contributed by atoms with Crippen molar-refractivity contribution < 1.29 is 14.3 Å². The lowest BCUT2D eigenvalue weighted by Gasteiger charge is -2.31. The van der Waals surface area contributed by atoms with Crippen molar-refractivity contribution in [2.24, 2.45) is 0 Å². The molecule has 104 valence electrons. The first-order valence-corrected chi connectivity index (χ1v) is 6.76. The van der Waals surface area contributed by atoms with Crippen molar-refractivity contribution in [3.8, 4) is 0 Å². The Morgan fingerprint density at radius 1 is 1.16 bits per heavy atom. The topological polar surface area (TPSA) is 43.4 Å². The van der Waals surface area contributed by atoms with E-state index in [0.717, 1.165) is 18.4 Å². The average molecular weight is 262 g/mol. The summed E-state index contributed by atoms with van der Waals surface area (Å²) < 4.78 is 4.61. The number of ether oxygens (including phenoxy) is 1. The van der Waals surface area contributed by atoms with Crippen LogP contribution in [0.5, 0.6) is 0 Å². The number of methoxy groups -OCH3 is 1. The number of rotatable bonds is 7. The molecule has 1 aromatic carbocycles. The molecule has 1 unspecified atom stereocenters. The van der Waals surface area contributed by atoms with Crippen LogP contribution in [0.3, 0.4) is 0 Å². The molecule has 0 heterocycles. The zero-order valence-electron chi connectivity index (χ0n) is 11.9. The summed E-state index contributed by atoms with van der Waals surface area (Å²) in [4.78, 5) is 23.9. The third-order valence-electron chi connectivity index (χ3n) is 3.67. The van der Waals surface area contributed by atoms with E-state index in [-0.39, 0.29) is 12.2 Å². The molecule has 0 saturated heterocycles. The molecule has 3 heteroatoms. The van der Waals surface area contributed by atoms with E-state index in [1.807, 2.05) is 37.3 Å². The number of ketones is 1. The van der Waals surface area contributed by atoms with Crippen molar-refractivity contribution >= 4 is 11.8 Å². The molecule has 0 N–H and O–H groups in total. The number of benzene rings is 1. The molecular formula is C16H22O3. The molecule has 0 bridgehead atoms. The summed E-state index contributed by atoms with van der Waals surface area (Å²) in [5.74, 6) is -0.509. The molecule has 0 aliphatic heterocycles. The maximum absolute atomic E-state index is 12.6. The Bertz CT molecular complexity index is 425. The maximum atomic E-state index is 12.6. The molecule has 0 aromatic heterocycles. The summed E-state index contributed by atoms with van der Waals surface area (Å²) in [6.07, 6.45) is 2.19. The molecule has 0 radical (unpaired) electrons. The van der Waals surface area contributed by atoms with Gasteiger partial charge in [-0.05, 0) is 18.4 Å². The fourth-order valence-electron chi connectivity index (χ4n) is 2.58. The summed E-state index contributed by atoms with van der Waals surface area (Å²) in [7, 11) is 1.31. The first-order valence-electron chi connectivity index (χ1n) is 6.76. The maximum Gasteiger partial charge on any atom is 0.313 e. The van der Waals surface area contributed by atoms with Gasteiger partial charge < -0.3 is 4.74 Å². The summed E-state index contributed by atoms with van der Waals surface area (Å²) >= 11 is 0. The molecule has 0 aliphatic carbocycles. The number of Topliss-reactive ketones (excluding diaryl/α,β-unsaturated/α-hetero) is 1. The van der Waals surface area contributed by atoms with Crippen LogP contribution in [0.1, 0.15) is 45.1 Å². The van der Waals surface area contributed by atoms with Crippen LogP contribution in [-0.2, 0) is 19.7 Å². The van der Waals surface area contributed by atoms with E-state index in [1.165, 1.54) is 7.11 Å². The van der Waals surface area contributed by atoms with Crippen molar-refractivity contribution in [1.29, 1.82) is 0 Å². The first-order chi connectivity index (χ1) is 9.10. The van der Waals surface area contributed by atoms with Crippen molar-refractivity contribution in [3.05, 3.63) is 35.9 Å². The quantitative estimate of drug-likeness (QED) is 0.559. The van der Waals surface area contributed by atoms with Crippen LogP contribution in [0.15, 0.2) is 30.3 Å². The molecule has 0 fully saturated rings. The highest BCUT2D eigenvalue weighted by molar-refractivity contribution is 6.01. The van der Waals surface area contributed by atoms with Gasteiger partial charge in [-0.1, -0.05) is 50.6 Å². The SMILES string of the molecule is CCCC(CC)(C(=O)CC(=O)OC)c1ccccc1. The van der Waals surface area contributed by atoms with Gasteiger partial charge in [0, 0.05) is 0 Å². The van der Waals surface area contributed by atoms with Crippen LogP contribution in [0.25, 0.3) is 0 Å². The smallest absolute Gasteiger partial charge is 0.313 e. The molecule has 0 amide bonds. The second-order valence-corrected chi connectivity index (χ2v) is 4.73. The second kappa shape index (κ2) is 7.07. The van der Waals surface area contributed by atoms with Gasteiger partial charge >= 0.3 is 5.97 Å². The minimum Gasteiger partial charge on any atom is -0.469 e. The lowest BCUT2D eigenvalue weighted by Crippen LogP contribution is -2.36. The van der Waals surface area contributed by atoms with Gasteiger partial charge in [-0.15, -0.1) is 0 Å². The molecule has 19 heavy (non-hydrogen) atoms. The zero-order chi connectivity index (χ0) is 14.3. The molecule has 1 rings (SSSR count). The molecule has 0 saturated carbocycles. The minimum absolute atomic E-state index is 0.0464. The first kappa shape index (κ1) is 15.4. The Hall–Kier alpha value is -1.64. The third-order valence-corrected chi connectivity index (χ3v) is 3.67. The van der Waals surface area contributed by atoms with Gasteiger partial charge in [-0.25, -0.2) is 0 Å². The molecular weight excluding hydrogens is 240 g/mol. The molecule has 1 aromatic rings. The van der Waals surface area contributed by atoms with Crippen molar-refractivity contribution in [3.63, 3.8) is 0 Å². The van der Waals surface area contributed by atoms with E-state index in [1.54, 1.807) is 0 Å². The van der Waals surface area contributed by atoms with E-state index in [4.69, 9.17) is 0 Å². The van der Waals surface area contributed by atoms with E-state index >= 15 is 0 Å². The Kier molecular flexibility index (Phi) is 5.74. The molecule has 3 nitrogen and oxygen atoms in total. The fourth-order valence-corrected chi connectivity index (χ4v) is 2.58. The minimum atomic E-state index is -0.565. The van der Waals surface area contributed by atoms with Gasteiger partial charge in [0.25, 0.3) is 0 Å². The molecule has 0 aliphatic rings. The van der Waals surface area contributed by atoms with E-state index < -0.39 is 11.4 Å². The van der Waals surface area contributed by atoms with Gasteiger partial charge in [0.2, 0.25) is 0 Å². The largest absolute Gasteiger partial charge is 0.469 e. The normalized spacial score (nSPS) is 13.6. The zero-order valence-corrected chi connectivity index (χ0v) is 11.9. The van der Waals surface area contributed by atoms with Gasteiger partial charge in [-0.2, -0.15) is 0 Å². The Balaban J connectivity index is 3.12. The van der Waals surface area contributed by atoms with E-state index in [9.17, 15) is 9.59 Å². The average Bonchev–Trinajstić information content (AvgIpc) is 2.45. The predicted octanol–water partition coefficient (Wildman–Crippen LogP) is 3.27. The monoisotopic (exact) mass is 262 g/mol. The third kappa shape index (κ3) is 3.43. The number of carbonyl (C=O) groups is 2. The lowest BCUT2D eigenvalue weighted by molar-refractivity contribution is -0.144. The van der Waals surface area contributed by atoms with Crippen LogP contribution in [0.2, 0.25) is 0 Å². The molecule has 0 spiro atoms. The van der Waals surface area contributed by atoms with Crippen molar-refractivity contribution in [2.45, 2.75) is 44.9 Å². The highest BCUT2D eigenvalue weighted by Crippen LogP contribution is 2.35. The summed E-state index contributed by atoms with van der Waals surface area (Å²) in [6, 6.07) is 9.73. The van der Waals surface area contributed by atoms with Crippen LogP contribution in [0.4, 0.5) is 0 Å². The van der Waals surface area contributed by atoms with Gasteiger partial charge in [-0.3, -0.25) is 9.59 Å². The summed E-state index contributed by atoms with van der Waals surface area (Å²) in [6.45, 7) is 4.05. The number of carbonyl (C=O) groups excluding carboxylic acids is 2. The lowest BCUT2D eigenvalue weighted by atomic mass is 9.70. The van der Waals surface area contributed by atoms with Crippen LogP contribution in [0, 0.1) is 0 Å². The number of hydrogen-bond acceptors (Lipinski definition) is 3. The van der Waals surface area contributed by atoms with E-state index in [2.05, 4.69) is 11.7 Å². The highest BCUT2D eigenvalue weighted by Gasteiger charge is 2.38. The van der Waals surface area contributed by atoms with Crippen molar-refractivity contribution in [1.82, 2.24) is 0 Å². The standard InChI is InChI=1S/C16H22O3/c1-4-11-16(5-2,13-9-7-6-8-10-13)14(17)12-15(18)19-3/h6-10H,4-5,11-12H2,1-3H3. The summed E-state index contributed by atoms with van der Waals surface area (Å²) in [5.41, 5.74) is 0.428. The fraction of sp³-hybridized carbons (Fsp3) is 0.500. The number of hydrogen-bond donors (Lipinski definition) is 0. The predicted molar refractivity (Wildman–Crippen MR) is 75.0 cm³/mol. The highest BCUT2D eigenvalue weighted by atomic mass is 16.5.